The molecule has 2 saturated heterocycles. The van der Waals surface area contributed by atoms with Crippen LogP contribution in [-0.2, 0) is 11.3 Å². The van der Waals surface area contributed by atoms with Crippen LogP contribution in [0, 0.1) is 6.92 Å². The topological polar surface area (TPSA) is 89.1 Å². The molecule has 1 aromatic carbocycles. The maximum Gasteiger partial charge on any atom is 0.324 e. The van der Waals surface area contributed by atoms with Crippen molar-refractivity contribution in [1.29, 1.82) is 0 Å². The molecule has 0 aliphatic carbocycles. The number of hydrogen-bond donors (Lipinski definition) is 3. The highest BCUT2D eigenvalue weighted by Gasteiger charge is 2.27. The standard InChI is InChI=1S/C20H30N6O2/c1-15-4-3-5-16(12-15)14-25-9-6-17(7-10-25)24-19(21-2)22-8-11-26-18(27)13-23-20(26)28/h3-5,12,17H,6-11,13-14H2,1-2H3,(H,23,28)(H2,21,22,24). The van der Waals surface area contributed by atoms with Crippen molar-refractivity contribution in [1.82, 2.24) is 25.8 Å². The van der Waals surface area contributed by atoms with E-state index in [-0.39, 0.29) is 18.5 Å². The van der Waals surface area contributed by atoms with E-state index in [4.69, 9.17) is 0 Å². The van der Waals surface area contributed by atoms with E-state index < -0.39 is 0 Å². The molecule has 0 spiro atoms. The van der Waals surface area contributed by atoms with Gasteiger partial charge >= 0.3 is 6.03 Å². The number of carbonyl (C=O) groups excluding carboxylic acids is 2. The highest BCUT2D eigenvalue weighted by molar-refractivity contribution is 6.01. The normalized spacial score (nSPS) is 19.1. The quantitative estimate of drug-likeness (QED) is 0.380. The molecule has 3 rings (SSSR count). The summed E-state index contributed by atoms with van der Waals surface area (Å²) in [5, 5.41) is 9.17. The summed E-state index contributed by atoms with van der Waals surface area (Å²) in [6.07, 6.45) is 2.11. The molecule has 0 aromatic heterocycles. The Morgan fingerprint density at radius 3 is 2.71 bits per heavy atom. The smallest absolute Gasteiger partial charge is 0.324 e. The molecule has 0 saturated carbocycles. The molecule has 0 radical (unpaired) electrons. The average molecular weight is 387 g/mol. The number of hydrogen-bond acceptors (Lipinski definition) is 4. The number of aryl methyl sites for hydroxylation is 1. The van der Waals surface area contributed by atoms with Gasteiger partial charge in [-0.1, -0.05) is 29.8 Å². The van der Waals surface area contributed by atoms with Gasteiger partial charge in [-0.15, -0.1) is 0 Å². The minimum Gasteiger partial charge on any atom is -0.355 e. The molecule has 3 N–H and O–H groups in total. The Morgan fingerprint density at radius 2 is 2.07 bits per heavy atom. The van der Waals surface area contributed by atoms with Gasteiger partial charge in [0, 0.05) is 45.8 Å². The fourth-order valence-electron chi connectivity index (χ4n) is 3.66. The summed E-state index contributed by atoms with van der Waals surface area (Å²) in [7, 11) is 1.73. The molecule has 8 nitrogen and oxygen atoms in total. The molecule has 2 heterocycles. The third-order valence-electron chi connectivity index (χ3n) is 5.21. The van der Waals surface area contributed by atoms with Gasteiger partial charge in [0.1, 0.15) is 0 Å². The molecule has 0 unspecified atom stereocenters. The Bertz CT molecular complexity index is 711. The first-order valence-corrected chi connectivity index (χ1v) is 9.88. The van der Waals surface area contributed by atoms with E-state index in [0.29, 0.717) is 25.1 Å². The van der Waals surface area contributed by atoms with Gasteiger partial charge < -0.3 is 16.0 Å². The highest BCUT2D eigenvalue weighted by Crippen LogP contribution is 2.14. The third-order valence-corrected chi connectivity index (χ3v) is 5.21. The largest absolute Gasteiger partial charge is 0.355 e. The van der Waals surface area contributed by atoms with Crippen LogP contribution in [0.1, 0.15) is 24.0 Å². The van der Waals surface area contributed by atoms with E-state index >= 15 is 0 Å². The van der Waals surface area contributed by atoms with Gasteiger partial charge in [0.2, 0.25) is 5.91 Å². The van der Waals surface area contributed by atoms with E-state index in [1.54, 1.807) is 7.05 Å². The van der Waals surface area contributed by atoms with Gasteiger partial charge in [-0.25, -0.2) is 4.79 Å². The van der Waals surface area contributed by atoms with Crippen molar-refractivity contribution in [3.63, 3.8) is 0 Å². The van der Waals surface area contributed by atoms with Crippen molar-refractivity contribution in [2.75, 3.05) is 39.8 Å². The zero-order chi connectivity index (χ0) is 19.9. The van der Waals surface area contributed by atoms with Crippen molar-refractivity contribution in [2.24, 2.45) is 4.99 Å². The Balaban J connectivity index is 1.38. The van der Waals surface area contributed by atoms with Crippen LogP contribution >= 0.6 is 0 Å². The lowest BCUT2D eigenvalue weighted by Crippen LogP contribution is -2.50. The number of likely N-dealkylation sites (tertiary alicyclic amines) is 1. The van der Waals surface area contributed by atoms with Gasteiger partial charge in [-0.05, 0) is 25.3 Å². The summed E-state index contributed by atoms with van der Waals surface area (Å²) >= 11 is 0. The second kappa shape index (κ2) is 9.54. The van der Waals surface area contributed by atoms with Crippen LogP contribution in [0.15, 0.2) is 29.3 Å². The minimum atomic E-state index is -0.323. The molecule has 2 fully saturated rings. The number of piperidine rings is 1. The summed E-state index contributed by atoms with van der Waals surface area (Å²) < 4.78 is 0. The molecule has 2 aliphatic rings. The molecule has 152 valence electrons. The first kappa shape index (κ1) is 20.1. The summed E-state index contributed by atoms with van der Waals surface area (Å²) in [5.74, 6) is 0.528. The van der Waals surface area contributed by atoms with Gasteiger partial charge in [-0.2, -0.15) is 0 Å². The lowest BCUT2D eigenvalue weighted by Gasteiger charge is -2.33. The van der Waals surface area contributed by atoms with Crippen LogP contribution < -0.4 is 16.0 Å². The molecule has 3 amide bonds. The summed E-state index contributed by atoms with van der Waals surface area (Å²) in [6, 6.07) is 8.74. The highest BCUT2D eigenvalue weighted by atomic mass is 16.2. The molecule has 1 aromatic rings. The number of rotatable bonds is 6. The van der Waals surface area contributed by atoms with Crippen molar-refractivity contribution in [2.45, 2.75) is 32.4 Å². The minimum absolute atomic E-state index is 0.0902. The van der Waals surface area contributed by atoms with E-state index in [9.17, 15) is 9.59 Å². The number of aliphatic imine (C=N–C) groups is 1. The number of benzene rings is 1. The maximum absolute atomic E-state index is 11.6. The second-order valence-corrected chi connectivity index (χ2v) is 7.39. The van der Waals surface area contributed by atoms with Crippen LogP contribution in [0.3, 0.4) is 0 Å². The number of urea groups is 1. The van der Waals surface area contributed by atoms with Gasteiger partial charge in [0.15, 0.2) is 5.96 Å². The lowest BCUT2D eigenvalue weighted by molar-refractivity contribution is -0.124. The second-order valence-electron chi connectivity index (χ2n) is 7.39. The fraction of sp³-hybridized carbons (Fsp3) is 0.550. The predicted molar refractivity (Wildman–Crippen MR) is 109 cm³/mol. The SMILES string of the molecule is CN=C(NCCN1C(=O)CNC1=O)NC1CCN(Cc2cccc(C)c2)CC1. The van der Waals surface area contributed by atoms with Crippen LogP contribution in [-0.4, -0.2) is 73.5 Å². The number of carbonyl (C=O) groups is 2. The summed E-state index contributed by atoms with van der Waals surface area (Å²) in [6.45, 7) is 6.12. The van der Waals surface area contributed by atoms with E-state index in [0.717, 1.165) is 32.5 Å². The Labute approximate surface area is 166 Å². The van der Waals surface area contributed by atoms with Crippen molar-refractivity contribution >= 4 is 17.9 Å². The maximum atomic E-state index is 11.6. The molecule has 2 aliphatic heterocycles. The zero-order valence-electron chi connectivity index (χ0n) is 16.7. The molecule has 0 atom stereocenters. The van der Waals surface area contributed by atoms with Crippen molar-refractivity contribution < 1.29 is 9.59 Å². The van der Waals surface area contributed by atoms with Gasteiger partial charge in [-0.3, -0.25) is 19.6 Å². The lowest BCUT2D eigenvalue weighted by atomic mass is 10.0. The predicted octanol–water partition coefficient (Wildman–Crippen LogP) is 0.676. The summed E-state index contributed by atoms with van der Waals surface area (Å²) in [4.78, 5) is 31.1. The number of nitrogens with zero attached hydrogens (tertiary/aromatic N) is 3. The molecular weight excluding hydrogens is 356 g/mol. The Hall–Kier alpha value is -2.61. The van der Waals surface area contributed by atoms with Crippen molar-refractivity contribution in [3.8, 4) is 0 Å². The van der Waals surface area contributed by atoms with Crippen LogP contribution in [0.4, 0.5) is 4.79 Å². The molecule has 0 bridgehead atoms. The third kappa shape index (κ3) is 5.45. The van der Waals surface area contributed by atoms with Crippen LogP contribution in [0.5, 0.6) is 0 Å². The molecular formula is C20H30N6O2. The zero-order valence-corrected chi connectivity index (χ0v) is 16.7. The number of nitrogens with one attached hydrogen (secondary N) is 3. The molecule has 8 heteroatoms. The van der Waals surface area contributed by atoms with E-state index in [1.807, 2.05) is 0 Å². The Kier molecular flexibility index (Phi) is 6.86. The first-order valence-electron chi connectivity index (χ1n) is 9.88. The van der Waals surface area contributed by atoms with E-state index in [2.05, 4.69) is 57.0 Å². The van der Waals surface area contributed by atoms with Gasteiger partial charge in [0.25, 0.3) is 0 Å². The van der Waals surface area contributed by atoms with E-state index in [1.165, 1.54) is 16.0 Å². The fourth-order valence-corrected chi connectivity index (χ4v) is 3.66. The number of imide groups is 1. The molecule has 28 heavy (non-hydrogen) atoms. The van der Waals surface area contributed by atoms with Crippen LogP contribution in [0.25, 0.3) is 0 Å². The monoisotopic (exact) mass is 386 g/mol. The first-order chi connectivity index (χ1) is 13.5. The number of guanidine groups is 1. The van der Waals surface area contributed by atoms with Crippen LogP contribution in [0.2, 0.25) is 0 Å². The Morgan fingerprint density at radius 1 is 1.29 bits per heavy atom. The van der Waals surface area contributed by atoms with Crippen molar-refractivity contribution in [3.05, 3.63) is 35.4 Å². The average Bonchev–Trinajstić information content (AvgIpc) is 3.00. The van der Waals surface area contributed by atoms with Gasteiger partial charge in [0.05, 0.1) is 6.54 Å². The number of amides is 3. The summed E-state index contributed by atoms with van der Waals surface area (Å²) in [5.41, 5.74) is 2.67.